The van der Waals surface area contributed by atoms with E-state index in [9.17, 15) is 0 Å². The van der Waals surface area contributed by atoms with Gasteiger partial charge in [-0.3, -0.25) is 4.99 Å². The van der Waals surface area contributed by atoms with Gasteiger partial charge in [-0.2, -0.15) is 0 Å². The van der Waals surface area contributed by atoms with Crippen LogP contribution in [-0.4, -0.2) is 51.5 Å². The van der Waals surface area contributed by atoms with Gasteiger partial charge in [-0.1, -0.05) is 37.6 Å². The molecule has 2 N–H and O–H groups in total. The summed E-state index contributed by atoms with van der Waals surface area (Å²) in [7, 11) is 0. The second-order valence-corrected chi connectivity index (χ2v) is 7.66. The third kappa shape index (κ3) is 7.14. The van der Waals surface area contributed by atoms with Crippen LogP contribution in [0.2, 0.25) is 5.02 Å². The summed E-state index contributed by atoms with van der Waals surface area (Å²) in [5.74, 6) is 0.846. The number of rotatable bonds is 9. The maximum Gasteiger partial charge on any atom is 0.191 e. The van der Waals surface area contributed by atoms with Crippen LogP contribution in [0.1, 0.15) is 39.2 Å². The molecule has 1 aliphatic rings. The van der Waals surface area contributed by atoms with Crippen molar-refractivity contribution in [3.8, 4) is 0 Å². The van der Waals surface area contributed by atoms with Gasteiger partial charge >= 0.3 is 0 Å². The zero-order valence-corrected chi connectivity index (χ0v) is 16.9. The molecule has 0 spiro atoms. The molecule has 2 rings (SSSR count). The van der Waals surface area contributed by atoms with Gasteiger partial charge in [-0.25, -0.2) is 0 Å². The van der Waals surface area contributed by atoms with Gasteiger partial charge in [0.05, 0.1) is 19.3 Å². The molecule has 5 nitrogen and oxygen atoms in total. The molecule has 1 fully saturated rings. The van der Waals surface area contributed by atoms with Crippen LogP contribution in [0.4, 0.5) is 0 Å². The lowest BCUT2D eigenvalue weighted by Gasteiger charge is -2.24. The average Bonchev–Trinajstić information content (AvgIpc) is 3.13. The number of aliphatic imine (C=N–C) groups is 1. The van der Waals surface area contributed by atoms with Gasteiger partial charge in [0, 0.05) is 36.7 Å². The Hall–Kier alpha value is -1.30. The van der Waals surface area contributed by atoms with Gasteiger partial charge in [-0.15, -0.1) is 0 Å². The maximum atomic E-state index is 5.99. The highest BCUT2D eigenvalue weighted by Gasteiger charge is 2.20. The van der Waals surface area contributed by atoms with Crippen molar-refractivity contribution in [3.63, 3.8) is 0 Å². The Morgan fingerprint density at radius 2 is 2.08 bits per heavy atom. The highest BCUT2D eigenvalue weighted by molar-refractivity contribution is 6.30. The zero-order chi connectivity index (χ0) is 18.8. The molecule has 1 unspecified atom stereocenters. The topological polar surface area (TPSA) is 54.9 Å². The van der Waals surface area contributed by atoms with E-state index in [0.29, 0.717) is 6.54 Å². The number of benzene rings is 1. The summed E-state index contributed by atoms with van der Waals surface area (Å²) < 4.78 is 11.1. The standard InChI is InChI=1S/C20H32ClN3O2/c1-4-22-19(23-11-5-12-26-18-10-13-25-14-18)24-15-20(2,3)16-6-8-17(21)9-7-16/h6-9,18H,4-5,10-15H2,1-3H3,(H2,22,23,24). The molecule has 0 amide bonds. The Morgan fingerprint density at radius 1 is 1.31 bits per heavy atom. The normalized spacial score (nSPS) is 18.2. The molecule has 26 heavy (non-hydrogen) atoms. The van der Waals surface area contributed by atoms with Crippen molar-refractivity contribution in [2.24, 2.45) is 4.99 Å². The molecule has 0 saturated carbocycles. The van der Waals surface area contributed by atoms with Crippen LogP contribution in [0, 0.1) is 0 Å². The lowest BCUT2D eigenvalue weighted by Crippen LogP contribution is -2.39. The molecule has 1 aromatic carbocycles. The Labute approximate surface area is 162 Å². The summed E-state index contributed by atoms with van der Waals surface area (Å²) in [6.07, 6.45) is 2.23. The van der Waals surface area contributed by atoms with Gasteiger partial charge in [0.1, 0.15) is 0 Å². The van der Waals surface area contributed by atoms with Crippen LogP contribution in [0.15, 0.2) is 29.3 Å². The van der Waals surface area contributed by atoms with Crippen molar-refractivity contribution in [1.29, 1.82) is 0 Å². The molecule has 0 aliphatic carbocycles. The highest BCUT2D eigenvalue weighted by Crippen LogP contribution is 2.24. The largest absolute Gasteiger partial charge is 0.379 e. The first-order valence-corrected chi connectivity index (χ1v) is 9.86. The maximum absolute atomic E-state index is 5.99. The number of hydrogen-bond acceptors (Lipinski definition) is 3. The summed E-state index contributed by atoms with van der Waals surface area (Å²) in [5, 5.41) is 7.45. The molecule has 146 valence electrons. The number of nitrogens with zero attached hydrogens (tertiary/aromatic N) is 1. The molecule has 1 aliphatic heterocycles. The number of halogens is 1. The van der Waals surface area contributed by atoms with E-state index >= 15 is 0 Å². The number of ether oxygens (including phenoxy) is 2. The quantitative estimate of drug-likeness (QED) is 0.391. The van der Waals surface area contributed by atoms with Crippen molar-refractivity contribution in [1.82, 2.24) is 10.6 Å². The minimum absolute atomic E-state index is 0.0570. The SMILES string of the molecule is CCNC(=NCC(C)(C)c1ccc(Cl)cc1)NCCCOC1CCOC1. The Bertz CT molecular complexity index is 555. The number of guanidine groups is 1. The van der Waals surface area contributed by atoms with Crippen LogP contribution >= 0.6 is 11.6 Å². The number of hydrogen-bond donors (Lipinski definition) is 2. The van der Waals surface area contributed by atoms with E-state index in [0.717, 1.165) is 56.7 Å². The fourth-order valence-corrected chi connectivity index (χ4v) is 2.91. The third-order valence-corrected chi connectivity index (χ3v) is 4.71. The van der Waals surface area contributed by atoms with Gasteiger partial charge in [0.25, 0.3) is 0 Å². The first-order valence-electron chi connectivity index (χ1n) is 9.49. The van der Waals surface area contributed by atoms with Crippen molar-refractivity contribution in [2.45, 2.75) is 45.1 Å². The lowest BCUT2D eigenvalue weighted by atomic mass is 9.85. The zero-order valence-electron chi connectivity index (χ0n) is 16.2. The smallest absolute Gasteiger partial charge is 0.191 e. The summed E-state index contributed by atoms with van der Waals surface area (Å²) >= 11 is 5.99. The van der Waals surface area contributed by atoms with E-state index in [1.807, 2.05) is 12.1 Å². The summed E-state index contributed by atoms with van der Waals surface area (Å²) in [6, 6.07) is 8.01. The molecule has 1 heterocycles. The summed E-state index contributed by atoms with van der Waals surface area (Å²) in [6.45, 7) is 11.1. The van der Waals surface area contributed by atoms with Crippen LogP contribution in [0.5, 0.6) is 0 Å². The second kappa shape index (κ2) is 10.8. The Kier molecular flexibility index (Phi) is 8.69. The van der Waals surface area contributed by atoms with Crippen LogP contribution < -0.4 is 10.6 Å². The van der Waals surface area contributed by atoms with E-state index < -0.39 is 0 Å². The van der Waals surface area contributed by atoms with E-state index in [-0.39, 0.29) is 11.5 Å². The van der Waals surface area contributed by atoms with E-state index in [1.54, 1.807) is 0 Å². The second-order valence-electron chi connectivity index (χ2n) is 7.22. The molecule has 0 radical (unpaired) electrons. The Morgan fingerprint density at radius 3 is 2.73 bits per heavy atom. The van der Waals surface area contributed by atoms with Crippen molar-refractivity contribution in [2.75, 3.05) is 39.5 Å². The lowest BCUT2D eigenvalue weighted by molar-refractivity contribution is 0.0420. The molecule has 1 atom stereocenters. The molecule has 0 bridgehead atoms. The molecule has 6 heteroatoms. The van der Waals surface area contributed by atoms with Crippen molar-refractivity contribution >= 4 is 17.6 Å². The van der Waals surface area contributed by atoms with Crippen molar-refractivity contribution < 1.29 is 9.47 Å². The van der Waals surface area contributed by atoms with Crippen LogP contribution in [0.25, 0.3) is 0 Å². The van der Waals surface area contributed by atoms with Gasteiger partial charge < -0.3 is 20.1 Å². The molecule has 0 aromatic heterocycles. The minimum Gasteiger partial charge on any atom is -0.379 e. The van der Waals surface area contributed by atoms with Gasteiger partial charge in [0.2, 0.25) is 0 Å². The fourth-order valence-electron chi connectivity index (χ4n) is 2.78. The highest BCUT2D eigenvalue weighted by atomic mass is 35.5. The minimum atomic E-state index is -0.0570. The van der Waals surface area contributed by atoms with E-state index in [4.69, 9.17) is 26.1 Å². The van der Waals surface area contributed by atoms with Crippen LogP contribution in [0.3, 0.4) is 0 Å². The van der Waals surface area contributed by atoms with Gasteiger partial charge in [-0.05, 0) is 37.5 Å². The monoisotopic (exact) mass is 381 g/mol. The average molecular weight is 382 g/mol. The Balaban J connectivity index is 1.78. The van der Waals surface area contributed by atoms with E-state index in [1.165, 1.54) is 5.56 Å². The molecular formula is C20H32ClN3O2. The first-order chi connectivity index (χ1) is 12.5. The molecular weight excluding hydrogens is 350 g/mol. The summed E-state index contributed by atoms with van der Waals surface area (Å²) in [5.41, 5.74) is 1.17. The summed E-state index contributed by atoms with van der Waals surface area (Å²) in [4.78, 5) is 4.76. The predicted molar refractivity (Wildman–Crippen MR) is 108 cm³/mol. The van der Waals surface area contributed by atoms with E-state index in [2.05, 4.69) is 43.5 Å². The van der Waals surface area contributed by atoms with Crippen LogP contribution in [-0.2, 0) is 14.9 Å². The fraction of sp³-hybridized carbons (Fsp3) is 0.650. The van der Waals surface area contributed by atoms with Gasteiger partial charge in [0.15, 0.2) is 5.96 Å². The third-order valence-electron chi connectivity index (χ3n) is 4.46. The molecule has 1 aromatic rings. The molecule has 1 saturated heterocycles. The van der Waals surface area contributed by atoms with Crippen molar-refractivity contribution in [3.05, 3.63) is 34.9 Å². The number of nitrogens with one attached hydrogen (secondary N) is 2. The predicted octanol–water partition coefficient (Wildman–Crippen LogP) is 3.37. The first kappa shape index (κ1) is 21.0.